The van der Waals surface area contributed by atoms with Crippen LogP contribution in [-0.4, -0.2) is 28.2 Å². The Balaban J connectivity index is 1.56. The molecule has 0 amide bonds. The van der Waals surface area contributed by atoms with Crippen molar-refractivity contribution >= 4 is 0 Å². The zero-order valence-corrected chi connectivity index (χ0v) is 11.9. The van der Waals surface area contributed by atoms with Crippen molar-refractivity contribution in [1.29, 1.82) is 5.26 Å². The van der Waals surface area contributed by atoms with E-state index in [9.17, 15) is 0 Å². The lowest BCUT2D eigenvalue weighted by Gasteiger charge is -2.31. The number of hydrogen-bond acceptors (Lipinski definition) is 4. The number of nitriles is 1. The van der Waals surface area contributed by atoms with Crippen molar-refractivity contribution in [3.8, 4) is 6.07 Å². The van der Waals surface area contributed by atoms with Gasteiger partial charge in [0, 0.05) is 12.5 Å². The minimum absolute atomic E-state index is 0.389. The van der Waals surface area contributed by atoms with Crippen LogP contribution in [0.2, 0.25) is 0 Å². The molecule has 0 radical (unpaired) electrons. The number of rotatable bonds is 3. The summed E-state index contributed by atoms with van der Waals surface area (Å²) in [5, 5.41) is 16.9. The predicted molar refractivity (Wildman–Crippen MR) is 80.4 cm³/mol. The summed E-state index contributed by atoms with van der Waals surface area (Å²) < 4.78 is 0. The van der Waals surface area contributed by atoms with Crippen LogP contribution in [0.1, 0.15) is 35.7 Å². The number of benzene rings is 1. The highest BCUT2D eigenvalue weighted by molar-refractivity contribution is 5.21. The van der Waals surface area contributed by atoms with Crippen LogP contribution >= 0.6 is 0 Å². The maximum atomic E-state index is 8.75. The molecule has 1 aromatic carbocycles. The van der Waals surface area contributed by atoms with E-state index in [1.807, 2.05) is 12.1 Å². The minimum atomic E-state index is 0.389. The quantitative estimate of drug-likeness (QED) is 0.866. The molecule has 0 saturated carbocycles. The molecular formula is C17H18N4. The smallest absolute Gasteiger partial charge is 0.163 e. The fourth-order valence-electron chi connectivity index (χ4n) is 2.85. The molecule has 21 heavy (non-hydrogen) atoms. The Morgan fingerprint density at radius 1 is 1.05 bits per heavy atom. The number of aromatic nitrogens is 2. The summed E-state index contributed by atoms with van der Waals surface area (Å²) in [7, 11) is 0. The van der Waals surface area contributed by atoms with Gasteiger partial charge in [0.2, 0.25) is 0 Å². The van der Waals surface area contributed by atoms with Crippen molar-refractivity contribution < 1.29 is 0 Å². The van der Waals surface area contributed by atoms with Gasteiger partial charge in [0.25, 0.3) is 0 Å². The molecule has 1 aromatic heterocycles. The van der Waals surface area contributed by atoms with E-state index in [1.165, 1.54) is 5.56 Å². The molecule has 1 saturated heterocycles. The van der Waals surface area contributed by atoms with Gasteiger partial charge in [-0.25, -0.2) is 0 Å². The molecule has 3 rings (SSSR count). The van der Waals surface area contributed by atoms with Gasteiger partial charge in [0.15, 0.2) is 5.69 Å². The van der Waals surface area contributed by atoms with E-state index in [4.69, 9.17) is 5.26 Å². The van der Waals surface area contributed by atoms with Crippen LogP contribution in [0, 0.1) is 11.3 Å². The van der Waals surface area contributed by atoms with Gasteiger partial charge in [-0.2, -0.15) is 10.4 Å². The largest absolute Gasteiger partial charge is 0.299 e. The Morgan fingerprint density at radius 3 is 2.43 bits per heavy atom. The summed E-state index contributed by atoms with van der Waals surface area (Å²) in [5.74, 6) is 0.470. The summed E-state index contributed by atoms with van der Waals surface area (Å²) in [6, 6.07) is 16.3. The Labute approximate surface area is 125 Å². The summed E-state index contributed by atoms with van der Waals surface area (Å²) >= 11 is 0. The first-order valence-corrected chi connectivity index (χ1v) is 7.35. The van der Waals surface area contributed by atoms with Crippen LogP contribution < -0.4 is 0 Å². The van der Waals surface area contributed by atoms with E-state index < -0.39 is 0 Å². The third-order valence-electron chi connectivity index (χ3n) is 4.05. The highest BCUT2D eigenvalue weighted by atomic mass is 15.1. The van der Waals surface area contributed by atoms with Gasteiger partial charge in [0.05, 0.1) is 5.69 Å². The number of hydrogen-bond donors (Lipinski definition) is 0. The van der Waals surface area contributed by atoms with Crippen molar-refractivity contribution in [2.24, 2.45) is 0 Å². The van der Waals surface area contributed by atoms with Crippen LogP contribution in [0.4, 0.5) is 0 Å². The van der Waals surface area contributed by atoms with Gasteiger partial charge in [-0.05, 0) is 43.6 Å². The van der Waals surface area contributed by atoms with E-state index in [-0.39, 0.29) is 0 Å². The molecule has 1 aliphatic rings. The lowest BCUT2D eigenvalue weighted by atomic mass is 9.93. The van der Waals surface area contributed by atoms with Crippen LogP contribution in [0.3, 0.4) is 0 Å². The maximum Gasteiger partial charge on any atom is 0.163 e. The van der Waals surface area contributed by atoms with Gasteiger partial charge < -0.3 is 0 Å². The molecule has 2 heterocycles. The van der Waals surface area contributed by atoms with Crippen molar-refractivity contribution in [3.63, 3.8) is 0 Å². The van der Waals surface area contributed by atoms with Crippen molar-refractivity contribution in [2.75, 3.05) is 13.1 Å². The molecule has 106 valence electrons. The molecule has 2 aromatic rings. The van der Waals surface area contributed by atoms with E-state index >= 15 is 0 Å². The van der Waals surface area contributed by atoms with Crippen LogP contribution in [0.15, 0.2) is 42.5 Å². The number of nitrogens with zero attached hydrogens (tertiary/aromatic N) is 4. The second kappa shape index (κ2) is 6.47. The SMILES string of the molecule is N#Cc1ccc(C2CCN(Cc3ccccc3)CC2)nn1. The third-order valence-corrected chi connectivity index (χ3v) is 4.05. The molecule has 4 heteroatoms. The number of piperidine rings is 1. The van der Waals surface area contributed by atoms with Crippen molar-refractivity contribution in [1.82, 2.24) is 15.1 Å². The molecule has 1 fully saturated rings. The molecule has 0 bridgehead atoms. The molecule has 0 unspecified atom stereocenters. The fourth-order valence-corrected chi connectivity index (χ4v) is 2.85. The molecule has 0 spiro atoms. The fraction of sp³-hybridized carbons (Fsp3) is 0.353. The van der Waals surface area contributed by atoms with E-state index in [0.717, 1.165) is 38.2 Å². The highest BCUT2D eigenvalue weighted by Gasteiger charge is 2.21. The van der Waals surface area contributed by atoms with E-state index in [0.29, 0.717) is 11.6 Å². The summed E-state index contributed by atoms with van der Waals surface area (Å²) in [5.41, 5.74) is 2.78. The Hall–Kier alpha value is -2.25. The monoisotopic (exact) mass is 278 g/mol. The zero-order chi connectivity index (χ0) is 14.5. The first kappa shape index (κ1) is 13.7. The van der Waals surface area contributed by atoms with Crippen LogP contribution in [0.5, 0.6) is 0 Å². The normalized spacial score (nSPS) is 16.5. The zero-order valence-electron chi connectivity index (χ0n) is 11.9. The first-order chi connectivity index (χ1) is 10.3. The highest BCUT2D eigenvalue weighted by Crippen LogP contribution is 2.26. The molecule has 1 aliphatic heterocycles. The Bertz CT molecular complexity index is 607. The molecule has 0 N–H and O–H groups in total. The molecule has 0 atom stereocenters. The third kappa shape index (κ3) is 3.45. The average Bonchev–Trinajstić information content (AvgIpc) is 2.57. The van der Waals surface area contributed by atoms with Crippen LogP contribution in [-0.2, 0) is 6.54 Å². The second-order valence-corrected chi connectivity index (χ2v) is 5.49. The predicted octanol–water partition coefficient (Wildman–Crippen LogP) is 2.73. The van der Waals surface area contributed by atoms with Crippen LogP contribution in [0.25, 0.3) is 0 Å². The van der Waals surface area contributed by atoms with E-state index in [1.54, 1.807) is 6.07 Å². The standard InChI is InChI=1S/C17H18N4/c18-12-16-6-7-17(20-19-16)15-8-10-21(11-9-15)13-14-4-2-1-3-5-14/h1-7,15H,8-11,13H2. The minimum Gasteiger partial charge on any atom is -0.299 e. The lowest BCUT2D eigenvalue weighted by Crippen LogP contribution is -2.32. The molecule has 0 aliphatic carbocycles. The topological polar surface area (TPSA) is 52.8 Å². The molecular weight excluding hydrogens is 260 g/mol. The van der Waals surface area contributed by atoms with Gasteiger partial charge in [-0.1, -0.05) is 30.3 Å². The van der Waals surface area contributed by atoms with Crippen molar-refractivity contribution in [3.05, 3.63) is 59.4 Å². The summed E-state index contributed by atoms with van der Waals surface area (Å²) in [4.78, 5) is 2.49. The summed E-state index contributed by atoms with van der Waals surface area (Å²) in [6.45, 7) is 3.19. The second-order valence-electron chi connectivity index (χ2n) is 5.49. The number of likely N-dealkylation sites (tertiary alicyclic amines) is 1. The molecule has 4 nitrogen and oxygen atoms in total. The first-order valence-electron chi connectivity index (χ1n) is 7.35. The van der Waals surface area contributed by atoms with Gasteiger partial charge in [0.1, 0.15) is 6.07 Å². The lowest BCUT2D eigenvalue weighted by molar-refractivity contribution is 0.203. The van der Waals surface area contributed by atoms with Gasteiger partial charge in [-0.15, -0.1) is 5.10 Å². The Morgan fingerprint density at radius 2 is 1.81 bits per heavy atom. The maximum absolute atomic E-state index is 8.75. The van der Waals surface area contributed by atoms with Gasteiger partial charge >= 0.3 is 0 Å². The van der Waals surface area contributed by atoms with Gasteiger partial charge in [-0.3, -0.25) is 4.90 Å². The Kier molecular flexibility index (Phi) is 4.23. The average molecular weight is 278 g/mol. The van der Waals surface area contributed by atoms with Crippen molar-refractivity contribution in [2.45, 2.75) is 25.3 Å². The summed E-state index contributed by atoms with van der Waals surface area (Å²) in [6.07, 6.45) is 2.21. The van der Waals surface area contributed by atoms with E-state index in [2.05, 4.69) is 45.4 Å².